The number of nitrogens with zero attached hydrogens (tertiary/aromatic N) is 2. The van der Waals surface area contributed by atoms with Crippen molar-refractivity contribution in [3.63, 3.8) is 0 Å². The molecule has 3 fully saturated rings. The second kappa shape index (κ2) is 3.82. The van der Waals surface area contributed by atoms with E-state index in [4.69, 9.17) is 4.98 Å². The van der Waals surface area contributed by atoms with Gasteiger partial charge in [-0.2, -0.15) is 5.10 Å². The van der Waals surface area contributed by atoms with E-state index < -0.39 is 0 Å². The summed E-state index contributed by atoms with van der Waals surface area (Å²) in [6.45, 7) is 0. The van der Waals surface area contributed by atoms with E-state index in [0.29, 0.717) is 5.92 Å². The third-order valence-electron chi connectivity index (χ3n) is 5.21. The molecule has 3 nitrogen and oxygen atoms in total. The van der Waals surface area contributed by atoms with Crippen molar-refractivity contribution in [2.45, 2.75) is 63.2 Å². The zero-order valence-corrected chi connectivity index (χ0v) is 10.4. The van der Waals surface area contributed by atoms with Crippen molar-refractivity contribution in [2.24, 2.45) is 11.8 Å². The standard InChI is InChI=1S/C14H21N3/c1-2-6-9(5-1)13-15-14(17-16-13)12-10-7-3-4-8-11(10)12/h9-12H,1-8H2,(H,15,16,17). The number of aromatic nitrogens is 3. The molecule has 0 radical (unpaired) electrons. The Morgan fingerprint density at radius 3 is 2.24 bits per heavy atom. The third kappa shape index (κ3) is 1.62. The highest BCUT2D eigenvalue weighted by atomic mass is 15.2. The number of rotatable bonds is 2. The van der Waals surface area contributed by atoms with Crippen LogP contribution >= 0.6 is 0 Å². The zero-order valence-electron chi connectivity index (χ0n) is 10.4. The Labute approximate surface area is 102 Å². The maximum Gasteiger partial charge on any atom is 0.153 e. The first-order chi connectivity index (χ1) is 8.43. The van der Waals surface area contributed by atoms with Gasteiger partial charge in [0.15, 0.2) is 5.82 Å². The Balaban J connectivity index is 1.51. The van der Waals surface area contributed by atoms with Crippen molar-refractivity contribution < 1.29 is 0 Å². The average Bonchev–Trinajstić information content (AvgIpc) is 2.77. The minimum atomic E-state index is 0.653. The summed E-state index contributed by atoms with van der Waals surface area (Å²) in [7, 11) is 0. The monoisotopic (exact) mass is 231 g/mol. The predicted molar refractivity (Wildman–Crippen MR) is 65.8 cm³/mol. The molecule has 3 aliphatic rings. The summed E-state index contributed by atoms with van der Waals surface area (Å²) in [6.07, 6.45) is 11.0. The van der Waals surface area contributed by atoms with Crippen molar-refractivity contribution >= 4 is 0 Å². The van der Waals surface area contributed by atoms with Crippen LogP contribution in [0.1, 0.15) is 74.9 Å². The second-order valence-corrected chi connectivity index (χ2v) is 6.20. The molecule has 3 aliphatic carbocycles. The Hall–Kier alpha value is -0.860. The molecule has 1 N–H and O–H groups in total. The Kier molecular flexibility index (Phi) is 2.27. The topological polar surface area (TPSA) is 41.6 Å². The predicted octanol–water partition coefficient (Wildman–Crippen LogP) is 3.37. The fourth-order valence-corrected chi connectivity index (χ4v) is 4.20. The number of fused-ring (bicyclic) bond motifs is 1. The number of H-pyrrole nitrogens is 1. The van der Waals surface area contributed by atoms with Gasteiger partial charge in [-0.25, -0.2) is 4.98 Å². The van der Waals surface area contributed by atoms with Crippen LogP contribution in [-0.4, -0.2) is 15.2 Å². The largest absolute Gasteiger partial charge is 0.263 e. The minimum absolute atomic E-state index is 0.653. The molecule has 0 aromatic carbocycles. The van der Waals surface area contributed by atoms with Crippen molar-refractivity contribution in [1.29, 1.82) is 0 Å². The molecule has 3 heteroatoms. The van der Waals surface area contributed by atoms with Gasteiger partial charge in [-0.05, 0) is 37.5 Å². The van der Waals surface area contributed by atoms with Gasteiger partial charge in [0.1, 0.15) is 5.82 Å². The lowest BCUT2D eigenvalue weighted by Gasteiger charge is -2.04. The van der Waals surface area contributed by atoms with E-state index in [9.17, 15) is 0 Å². The van der Waals surface area contributed by atoms with E-state index in [1.165, 1.54) is 57.2 Å². The van der Waals surface area contributed by atoms with Crippen molar-refractivity contribution in [2.75, 3.05) is 0 Å². The zero-order chi connectivity index (χ0) is 11.2. The lowest BCUT2D eigenvalue weighted by atomic mass is 10.0. The maximum absolute atomic E-state index is 4.81. The van der Waals surface area contributed by atoms with Gasteiger partial charge in [-0.15, -0.1) is 0 Å². The van der Waals surface area contributed by atoms with E-state index in [0.717, 1.165) is 23.6 Å². The van der Waals surface area contributed by atoms with Crippen LogP contribution in [0.4, 0.5) is 0 Å². The van der Waals surface area contributed by atoms with Gasteiger partial charge in [-0.3, -0.25) is 5.10 Å². The summed E-state index contributed by atoms with van der Waals surface area (Å²) in [5.41, 5.74) is 0. The van der Waals surface area contributed by atoms with Gasteiger partial charge < -0.3 is 0 Å². The van der Waals surface area contributed by atoms with Crippen LogP contribution in [0.25, 0.3) is 0 Å². The minimum Gasteiger partial charge on any atom is -0.263 e. The highest BCUT2D eigenvalue weighted by Crippen LogP contribution is 2.60. The van der Waals surface area contributed by atoms with Gasteiger partial charge >= 0.3 is 0 Å². The molecule has 0 aliphatic heterocycles. The Morgan fingerprint density at radius 1 is 0.882 bits per heavy atom. The quantitative estimate of drug-likeness (QED) is 0.848. The third-order valence-corrected chi connectivity index (χ3v) is 5.21. The smallest absolute Gasteiger partial charge is 0.153 e. The molecule has 4 rings (SSSR count). The summed E-state index contributed by atoms with van der Waals surface area (Å²) >= 11 is 0. The SMILES string of the molecule is C1CCC(c2n[nH]c(C3C4CCCCC43)n2)C1. The summed E-state index contributed by atoms with van der Waals surface area (Å²) in [4.78, 5) is 4.81. The van der Waals surface area contributed by atoms with E-state index in [1.54, 1.807) is 0 Å². The summed E-state index contributed by atoms with van der Waals surface area (Å²) in [5.74, 6) is 5.59. The molecule has 0 saturated heterocycles. The number of hydrogen-bond acceptors (Lipinski definition) is 2. The van der Waals surface area contributed by atoms with Crippen LogP contribution in [-0.2, 0) is 0 Å². The molecule has 0 spiro atoms. The van der Waals surface area contributed by atoms with Gasteiger partial charge in [0.25, 0.3) is 0 Å². The second-order valence-electron chi connectivity index (χ2n) is 6.20. The van der Waals surface area contributed by atoms with Crippen LogP contribution in [0.3, 0.4) is 0 Å². The molecule has 17 heavy (non-hydrogen) atoms. The summed E-state index contributed by atoms with van der Waals surface area (Å²) in [5, 5.41) is 7.72. The van der Waals surface area contributed by atoms with Crippen molar-refractivity contribution in [1.82, 2.24) is 15.2 Å². The molecule has 2 atom stereocenters. The number of hydrogen-bond donors (Lipinski definition) is 1. The first-order valence-electron chi connectivity index (χ1n) is 7.35. The lowest BCUT2D eigenvalue weighted by Crippen LogP contribution is -1.95. The van der Waals surface area contributed by atoms with Gasteiger partial charge in [0.2, 0.25) is 0 Å². The van der Waals surface area contributed by atoms with Gasteiger partial charge in [-0.1, -0.05) is 25.7 Å². The van der Waals surface area contributed by atoms with E-state index in [1.807, 2.05) is 0 Å². The first kappa shape index (κ1) is 10.1. The summed E-state index contributed by atoms with van der Waals surface area (Å²) < 4.78 is 0. The van der Waals surface area contributed by atoms with Crippen LogP contribution in [0.2, 0.25) is 0 Å². The molecule has 2 unspecified atom stereocenters. The van der Waals surface area contributed by atoms with Gasteiger partial charge in [0, 0.05) is 11.8 Å². The number of nitrogens with one attached hydrogen (secondary N) is 1. The maximum atomic E-state index is 4.81. The average molecular weight is 231 g/mol. The first-order valence-corrected chi connectivity index (χ1v) is 7.35. The fourth-order valence-electron chi connectivity index (χ4n) is 4.20. The van der Waals surface area contributed by atoms with Crippen LogP contribution in [0.15, 0.2) is 0 Å². The molecule has 0 bridgehead atoms. The molecule has 1 aromatic rings. The highest BCUT2D eigenvalue weighted by Gasteiger charge is 2.53. The molecule has 0 amide bonds. The molecule has 1 heterocycles. The van der Waals surface area contributed by atoms with E-state index in [2.05, 4.69) is 10.2 Å². The van der Waals surface area contributed by atoms with Crippen LogP contribution in [0.5, 0.6) is 0 Å². The van der Waals surface area contributed by atoms with Gasteiger partial charge in [0.05, 0.1) is 0 Å². The number of aromatic amines is 1. The van der Waals surface area contributed by atoms with Crippen LogP contribution in [0, 0.1) is 11.8 Å². The van der Waals surface area contributed by atoms with Crippen LogP contribution < -0.4 is 0 Å². The van der Waals surface area contributed by atoms with Crippen molar-refractivity contribution in [3.8, 4) is 0 Å². The highest BCUT2D eigenvalue weighted by molar-refractivity contribution is 5.17. The van der Waals surface area contributed by atoms with E-state index >= 15 is 0 Å². The Bertz CT molecular complexity index is 393. The summed E-state index contributed by atoms with van der Waals surface area (Å²) in [6, 6.07) is 0. The fraction of sp³-hybridized carbons (Fsp3) is 0.857. The van der Waals surface area contributed by atoms with Crippen molar-refractivity contribution in [3.05, 3.63) is 11.6 Å². The lowest BCUT2D eigenvalue weighted by molar-refractivity contribution is 0.480. The molecule has 1 aromatic heterocycles. The molecular formula is C14H21N3. The Morgan fingerprint density at radius 2 is 1.53 bits per heavy atom. The molecular weight excluding hydrogens is 210 g/mol. The molecule has 92 valence electrons. The molecule has 3 saturated carbocycles. The normalized spacial score (nSPS) is 37.1. The van der Waals surface area contributed by atoms with E-state index in [-0.39, 0.29) is 0 Å².